The normalized spacial score (nSPS) is 17.8. The van der Waals surface area contributed by atoms with Gasteiger partial charge in [-0.3, -0.25) is 4.79 Å². The molecule has 0 aliphatic heterocycles. The van der Waals surface area contributed by atoms with Crippen molar-refractivity contribution < 1.29 is 14.3 Å². The van der Waals surface area contributed by atoms with Crippen molar-refractivity contribution >= 4 is 5.91 Å². The van der Waals surface area contributed by atoms with E-state index in [1.165, 1.54) is 12.8 Å². The summed E-state index contributed by atoms with van der Waals surface area (Å²) in [5.74, 6) is 1.30. The Hall–Kier alpha value is -1.75. The highest BCUT2D eigenvalue weighted by Crippen LogP contribution is 2.33. The molecule has 0 heterocycles. The Morgan fingerprint density at radius 1 is 1.27 bits per heavy atom. The van der Waals surface area contributed by atoms with Crippen molar-refractivity contribution in [2.45, 2.75) is 57.7 Å². The van der Waals surface area contributed by atoms with Crippen LogP contribution in [0.5, 0.6) is 11.5 Å². The fourth-order valence-corrected chi connectivity index (χ4v) is 2.66. The van der Waals surface area contributed by atoms with Crippen LogP contribution in [0.2, 0.25) is 0 Å². The number of nitrogens with one attached hydrogen (secondary N) is 1. The lowest BCUT2D eigenvalue weighted by atomic mass is 10.1. The molecule has 0 bridgehead atoms. The quantitative estimate of drug-likeness (QED) is 0.847. The van der Waals surface area contributed by atoms with Gasteiger partial charge in [0, 0.05) is 0 Å². The third-order valence-corrected chi connectivity index (χ3v) is 4.06. The molecule has 5 nitrogen and oxygen atoms in total. The molecule has 22 heavy (non-hydrogen) atoms. The van der Waals surface area contributed by atoms with Crippen molar-refractivity contribution in [2.24, 2.45) is 5.73 Å². The van der Waals surface area contributed by atoms with Crippen LogP contribution < -0.4 is 20.5 Å². The van der Waals surface area contributed by atoms with Crippen molar-refractivity contribution in [1.82, 2.24) is 5.32 Å². The number of hydrogen-bond donors (Lipinski definition) is 2. The van der Waals surface area contributed by atoms with E-state index in [-0.39, 0.29) is 18.1 Å². The molecule has 1 fully saturated rings. The molecule has 0 radical (unpaired) electrons. The molecule has 1 unspecified atom stereocenters. The van der Waals surface area contributed by atoms with E-state index in [1.807, 2.05) is 25.1 Å². The number of hydrogen-bond acceptors (Lipinski definition) is 4. The fraction of sp³-hybridized carbons (Fsp3) is 0.588. The summed E-state index contributed by atoms with van der Waals surface area (Å²) in [6, 6.07) is 5.14. The maximum absolute atomic E-state index is 11.7. The molecular formula is C17H26N2O3. The average Bonchev–Trinajstić information content (AvgIpc) is 3.00. The van der Waals surface area contributed by atoms with Crippen LogP contribution in [0.4, 0.5) is 0 Å². The number of nitrogens with two attached hydrogens (primary N) is 1. The van der Waals surface area contributed by atoms with E-state index in [9.17, 15) is 4.79 Å². The average molecular weight is 306 g/mol. The number of amides is 1. The van der Waals surface area contributed by atoms with Crippen molar-refractivity contribution in [3.05, 3.63) is 23.8 Å². The monoisotopic (exact) mass is 306 g/mol. The maximum atomic E-state index is 11.7. The van der Waals surface area contributed by atoms with Gasteiger partial charge >= 0.3 is 0 Å². The summed E-state index contributed by atoms with van der Waals surface area (Å²) in [4.78, 5) is 11.7. The van der Waals surface area contributed by atoms with Gasteiger partial charge in [0.2, 0.25) is 5.91 Å². The van der Waals surface area contributed by atoms with Crippen LogP contribution in [0.1, 0.15) is 51.1 Å². The topological polar surface area (TPSA) is 73.6 Å². The first-order valence-corrected chi connectivity index (χ1v) is 7.91. The summed E-state index contributed by atoms with van der Waals surface area (Å²) in [6.07, 6.45) is 4.95. The first kappa shape index (κ1) is 16.6. The van der Waals surface area contributed by atoms with E-state index in [0.717, 1.165) is 24.2 Å². The molecule has 1 aliphatic rings. The van der Waals surface area contributed by atoms with E-state index in [1.54, 1.807) is 14.0 Å². The van der Waals surface area contributed by atoms with Crippen LogP contribution in [0.25, 0.3) is 0 Å². The van der Waals surface area contributed by atoms with Crippen molar-refractivity contribution in [1.29, 1.82) is 0 Å². The van der Waals surface area contributed by atoms with E-state index < -0.39 is 6.04 Å². The third-order valence-electron chi connectivity index (χ3n) is 4.06. The van der Waals surface area contributed by atoms with Crippen LogP contribution >= 0.6 is 0 Å². The number of benzene rings is 1. The molecule has 1 amide bonds. The van der Waals surface area contributed by atoms with Gasteiger partial charge in [0.25, 0.3) is 0 Å². The van der Waals surface area contributed by atoms with Gasteiger partial charge in [0.1, 0.15) is 0 Å². The molecule has 2 atom stereocenters. The highest BCUT2D eigenvalue weighted by Gasteiger charge is 2.19. The summed E-state index contributed by atoms with van der Waals surface area (Å²) >= 11 is 0. The zero-order valence-corrected chi connectivity index (χ0v) is 13.6. The number of rotatable bonds is 6. The highest BCUT2D eigenvalue weighted by atomic mass is 16.5. The lowest BCUT2D eigenvalue weighted by Gasteiger charge is -2.19. The fourth-order valence-electron chi connectivity index (χ4n) is 2.66. The van der Waals surface area contributed by atoms with Gasteiger partial charge in [-0.2, -0.15) is 0 Å². The highest BCUT2D eigenvalue weighted by molar-refractivity contribution is 5.81. The van der Waals surface area contributed by atoms with Gasteiger partial charge in [0.05, 0.1) is 25.3 Å². The second kappa shape index (κ2) is 7.49. The molecule has 3 N–H and O–H groups in total. The van der Waals surface area contributed by atoms with Gasteiger partial charge in [0.15, 0.2) is 11.5 Å². The van der Waals surface area contributed by atoms with Gasteiger partial charge in [-0.25, -0.2) is 0 Å². The molecular weight excluding hydrogens is 280 g/mol. The lowest BCUT2D eigenvalue weighted by molar-refractivity contribution is -0.122. The largest absolute Gasteiger partial charge is 0.493 e. The van der Waals surface area contributed by atoms with E-state index >= 15 is 0 Å². The number of carbonyl (C=O) groups is 1. The molecule has 1 aromatic carbocycles. The Balaban J connectivity index is 2.08. The van der Waals surface area contributed by atoms with Gasteiger partial charge < -0.3 is 20.5 Å². The summed E-state index contributed by atoms with van der Waals surface area (Å²) in [7, 11) is 1.63. The Bertz CT molecular complexity index is 511. The molecule has 1 saturated carbocycles. The molecule has 122 valence electrons. The van der Waals surface area contributed by atoms with E-state index in [4.69, 9.17) is 15.2 Å². The molecule has 5 heteroatoms. The van der Waals surface area contributed by atoms with Crippen LogP contribution in [0.3, 0.4) is 0 Å². The Labute approximate surface area is 132 Å². The number of methoxy groups -OCH3 is 1. The molecule has 1 aliphatic carbocycles. The van der Waals surface area contributed by atoms with Crippen molar-refractivity contribution in [2.75, 3.05) is 7.11 Å². The minimum Gasteiger partial charge on any atom is -0.493 e. The number of ether oxygens (including phenoxy) is 2. The SMILES string of the molecule is COc1cc(C(C)NC(=O)[C@H](C)N)ccc1OC1CCCC1. The Morgan fingerprint density at radius 2 is 1.95 bits per heavy atom. The van der Waals surface area contributed by atoms with E-state index in [2.05, 4.69) is 5.32 Å². The smallest absolute Gasteiger partial charge is 0.237 e. The Kier molecular flexibility index (Phi) is 5.66. The minimum atomic E-state index is -0.519. The van der Waals surface area contributed by atoms with Crippen LogP contribution in [-0.4, -0.2) is 25.2 Å². The summed E-state index contributed by atoms with van der Waals surface area (Å²) in [6.45, 7) is 3.59. The van der Waals surface area contributed by atoms with Gasteiger partial charge in [-0.1, -0.05) is 6.07 Å². The standard InChI is InChI=1S/C17H26N2O3/c1-11(18)17(20)19-12(2)13-8-9-15(16(10-13)21-3)22-14-6-4-5-7-14/h8-12,14H,4-7,18H2,1-3H3,(H,19,20)/t11-,12?/m0/s1. The predicted octanol–water partition coefficient (Wildman–Crippen LogP) is 2.54. The summed E-state index contributed by atoms with van der Waals surface area (Å²) in [5.41, 5.74) is 6.54. The molecule has 0 spiro atoms. The Morgan fingerprint density at radius 3 is 2.55 bits per heavy atom. The second-order valence-electron chi connectivity index (χ2n) is 5.95. The van der Waals surface area contributed by atoms with Gasteiger partial charge in [-0.15, -0.1) is 0 Å². The molecule has 1 aromatic rings. The van der Waals surface area contributed by atoms with Crippen LogP contribution in [0.15, 0.2) is 18.2 Å². The van der Waals surface area contributed by atoms with Gasteiger partial charge in [-0.05, 0) is 57.2 Å². The third kappa shape index (κ3) is 4.13. The van der Waals surface area contributed by atoms with Crippen LogP contribution in [0, 0.1) is 0 Å². The predicted molar refractivity (Wildman–Crippen MR) is 86.1 cm³/mol. The zero-order valence-electron chi connectivity index (χ0n) is 13.6. The summed E-state index contributed by atoms with van der Waals surface area (Å²) < 4.78 is 11.5. The molecule has 0 aromatic heterocycles. The molecule has 0 saturated heterocycles. The zero-order chi connectivity index (χ0) is 16.1. The van der Waals surface area contributed by atoms with Crippen molar-refractivity contribution in [3.8, 4) is 11.5 Å². The second-order valence-corrected chi connectivity index (χ2v) is 5.95. The van der Waals surface area contributed by atoms with Crippen molar-refractivity contribution in [3.63, 3.8) is 0 Å². The van der Waals surface area contributed by atoms with Crippen LogP contribution in [-0.2, 0) is 4.79 Å². The first-order valence-electron chi connectivity index (χ1n) is 7.91. The summed E-state index contributed by atoms with van der Waals surface area (Å²) in [5, 5.41) is 2.88. The molecule has 2 rings (SSSR count). The first-order chi connectivity index (χ1) is 10.5. The lowest BCUT2D eigenvalue weighted by Crippen LogP contribution is -2.39. The number of carbonyl (C=O) groups excluding carboxylic acids is 1. The minimum absolute atomic E-state index is 0.132. The van der Waals surface area contributed by atoms with E-state index in [0.29, 0.717) is 5.75 Å². The maximum Gasteiger partial charge on any atom is 0.237 e.